The Labute approximate surface area is 153 Å². The van der Waals surface area contributed by atoms with Gasteiger partial charge in [0, 0.05) is 25.5 Å². The molecule has 0 radical (unpaired) electrons. The van der Waals surface area contributed by atoms with Crippen LogP contribution in [0.4, 0.5) is 4.39 Å². The lowest BCUT2D eigenvalue weighted by molar-refractivity contribution is 0.627. The highest BCUT2D eigenvalue weighted by atomic mass is 127. The Morgan fingerprint density at radius 1 is 1.13 bits per heavy atom. The van der Waals surface area contributed by atoms with Crippen molar-refractivity contribution in [2.45, 2.75) is 19.9 Å². The predicted molar refractivity (Wildman–Crippen MR) is 103 cm³/mol. The van der Waals surface area contributed by atoms with Gasteiger partial charge in [-0.3, -0.25) is 4.98 Å². The van der Waals surface area contributed by atoms with Gasteiger partial charge in [-0.25, -0.2) is 9.38 Å². The maximum Gasteiger partial charge on any atom is 0.191 e. The largest absolute Gasteiger partial charge is 0.357 e. The van der Waals surface area contributed by atoms with Crippen molar-refractivity contribution in [2.24, 2.45) is 4.99 Å². The summed E-state index contributed by atoms with van der Waals surface area (Å²) in [5.41, 5.74) is 2.16. The molecule has 0 bridgehead atoms. The van der Waals surface area contributed by atoms with E-state index in [9.17, 15) is 4.39 Å². The molecule has 0 aliphatic rings. The van der Waals surface area contributed by atoms with Gasteiger partial charge >= 0.3 is 0 Å². The van der Waals surface area contributed by atoms with E-state index in [1.54, 1.807) is 18.3 Å². The number of hydrogen-bond donors (Lipinski definition) is 2. The minimum atomic E-state index is -0.228. The molecule has 2 rings (SSSR count). The number of rotatable bonds is 6. The van der Waals surface area contributed by atoms with Crippen LogP contribution < -0.4 is 10.6 Å². The first-order valence-corrected chi connectivity index (χ1v) is 7.43. The second-order valence-electron chi connectivity index (χ2n) is 4.86. The zero-order valence-corrected chi connectivity index (χ0v) is 15.5. The summed E-state index contributed by atoms with van der Waals surface area (Å²) < 4.78 is 12.9. The van der Waals surface area contributed by atoms with E-state index >= 15 is 0 Å². The van der Waals surface area contributed by atoms with Crippen molar-refractivity contribution in [2.75, 3.05) is 13.1 Å². The van der Waals surface area contributed by atoms with Gasteiger partial charge < -0.3 is 10.6 Å². The fraction of sp³-hybridized carbons (Fsp3) is 0.294. The molecule has 23 heavy (non-hydrogen) atoms. The molecular formula is C17H22FIN4. The quantitative estimate of drug-likeness (QED) is 0.423. The summed E-state index contributed by atoms with van der Waals surface area (Å²) in [6.07, 6.45) is 4.52. The highest BCUT2D eigenvalue weighted by Crippen LogP contribution is 2.03. The molecule has 4 nitrogen and oxygen atoms in total. The van der Waals surface area contributed by atoms with Crippen molar-refractivity contribution in [3.8, 4) is 0 Å². The molecule has 0 aliphatic carbocycles. The van der Waals surface area contributed by atoms with Crippen LogP contribution in [0.3, 0.4) is 0 Å². The summed E-state index contributed by atoms with van der Waals surface area (Å²) in [5.74, 6) is 0.532. The Bertz CT molecular complexity index is 587. The first kappa shape index (κ1) is 19.3. The molecule has 0 saturated carbocycles. The first-order chi connectivity index (χ1) is 10.8. The van der Waals surface area contributed by atoms with Crippen LogP contribution in [0.1, 0.15) is 18.1 Å². The lowest BCUT2D eigenvalue weighted by Crippen LogP contribution is -2.38. The molecule has 0 aliphatic heterocycles. The third-order valence-electron chi connectivity index (χ3n) is 3.11. The van der Waals surface area contributed by atoms with Crippen molar-refractivity contribution < 1.29 is 4.39 Å². The van der Waals surface area contributed by atoms with Gasteiger partial charge in [-0.15, -0.1) is 24.0 Å². The zero-order valence-electron chi connectivity index (χ0n) is 13.1. The monoisotopic (exact) mass is 428 g/mol. The second kappa shape index (κ2) is 10.9. The first-order valence-electron chi connectivity index (χ1n) is 7.43. The molecule has 124 valence electrons. The van der Waals surface area contributed by atoms with Gasteiger partial charge in [0.1, 0.15) is 5.82 Å². The Morgan fingerprint density at radius 2 is 1.91 bits per heavy atom. The number of nitrogens with zero attached hydrogens (tertiary/aromatic N) is 2. The molecule has 1 aromatic heterocycles. The molecule has 2 aromatic rings. The van der Waals surface area contributed by atoms with Gasteiger partial charge in [0.05, 0.1) is 6.54 Å². The highest BCUT2D eigenvalue weighted by Gasteiger charge is 1.99. The molecule has 1 heterocycles. The standard InChI is InChI=1S/C17H21FN4.HI/c1-2-20-17(21-11-9-14-4-3-10-19-12-14)22-13-15-5-7-16(18)8-6-15;/h3-8,10,12H,2,9,11,13H2,1H3,(H2,20,21,22);1H. The number of nitrogens with one attached hydrogen (secondary N) is 2. The van der Waals surface area contributed by atoms with Crippen LogP contribution in [-0.2, 0) is 13.0 Å². The topological polar surface area (TPSA) is 49.3 Å². The van der Waals surface area contributed by atoms with Crippen molar-refractivity contribution in [3.05, 3.63) is 65.7 Å². The second-order valence-corrected chi connectivity index (χ2v) is 4.86. The molecule has 6 heteroatoms. The lowest BCUT2D eigenvalue weighted by Gasteiger charge is -2.11. The van der Waals surface area contributed by atoms with Gasteiger partial charge in [0.2, 0.25) is 0 Å². The van der Waals surface area contributed by atoms with Crippen molar-refractivity contribution >= 4 is 29.9 Å². The summed E-state index contributed by atoms with van der Waals surface area (Å²) in [5, 5.41) is 6.49. The van der Waals surface area contributed by atoms with Crippen molar-refractivity contribution in [1.29, 1.82) is 0 Å². The number of halogens is 2. The van der Waals surface area contributed by atoms with Gasteiger partial charge in [-0.05, 0) is 42.7 Å². The molecule has 0 spiro atoms. The average molecular weight is 428 g/mol. The van der Waals surface area contributed by atoms with Gasteiger partial charge in [0.15, 0.2) is 5.96 Å². The number of pyridine rings is 1. The van der Waals surface area contributed by atoms with Crippen molar-refractivity contribution in [1.82, 2.24) is 15.6 Å². The van der Waals surface area contributed by atoms with Crippen LogP contribution in [0.5, 0.6) is 0 Å². The van der Waals surface area contributed by atoms with E-state index in [4.69, 9.17) is 0 Å². The average Bonchev–Trinajstić information content (AvgIpc) is 2.55. The van der Waals surface area contributed by atoms with Crippen LogP contribution in [0, 0.1) is 5.82 Å². The van der Waals surface area contributed by atoms with E-state index < -0.39 is 0 Å². The molecule has 2 N–H and O–H groups in total. The number of hydrogen-bond acceptors (Lipinski definition) is 2. The highest BCUT2D eigenvalue weighted by molar-refractivity contribution is 14.0. The van der Waals surface area contributed by atoms with E-state index in [2.05, 4.69) is 26.7 Å². The smallest absolute Gasteiger partial charge is 0.191 e. The van der Waals surface area contributed by atoms with Crippen LogP contribution in [-0.4, -0.2) is 24.0 Å². The zero-order chi connectivity index (χ0) is 15.6. The van der Waals surface area contributed by atoms with Crippen LogP contribution in [0.2, 0.25) is 0 Å². The fourth-order valence-electron chi connectivity index (χ4n) is 1.97. The van der Waals surface area contributed by atoms with Gasteiger partial charge in [-0.2, -0.15) is 0 Å². The third kappa shape index (κ3) is 7.40. The normalized spacial score (nSPS) is 10.8. The Hall–Kier alpha value is -1.70. The number of aromatic nitrogens is 1. The maximum absolute atomic E-state index is 12.9. The molecule has 0 unspecified atom stereocenters. The lowest BCUT2D eigenvalue weighted by atomic mass is 10.2. The third-order valence-corrected chi connectivity index (χ3v) is 3.11. The van der Waals surface area contributed by atoms with Crippen LogP contribution >= 0.6 is 24.0 Å². The van der Waals surface area contributed by atoms with E-state index in [-0.39, 0.29) is 29.8 Å². The molecule has 0 saturated heterocycles. The van der Waals surface area contributed by atoms with Gasteiger partial charge in [-0.1, -0.05) is 18.2 Å². The Balaban J connectivity index is 0.00000264. The van der Waals surface area contributed by atoms with Crippen LogP contribution in [0.15, 0.2) is 53.8 Å². The Morgan fingerprint density at radius 3 is 2.57 bits per heavy atom. The summed E-state index contributed by atoms with van der Waals surface area (Å²) in [7, 11) is 0. The molecule has 0 atom stereocenters. The predicted octanol–water partition coefficient (Wildman–Crippen LogP) is 3.14. The van der Waals surface area contributed by atoms with Crippen LogP contribution in [0.25, 0.3) is 0 Å². The Kier molecular flexibility index (Phi) is 9.20. The summed E-state index contributed by atoms with van der Waals surface area (Å²) >= 11 is 0. The number of benzene rings is 1. The van der Waals surface area contributed by atoms with E-state index in [1.165, 1.54) is 17.7 Å². The summed E-state index contributed by atoms with van der Waals surface area (Å²) in [6.45, 7) is 4.11. The number of guanidine groups is 1. The molecule has 0 fully saturated rings. The molecule has 0 amide bonds. The SMILES string of the molecule is CCNC(=NCc1ccc(F)cc1)NCCc1cccnc1.I. The van der Waals surface area contributed by atoms with E-state index in [0.29, 0.717) is 6.54 Å². The molecular weight excluding hydrogens is 406 g/mol. The summed E-state index contributed by atoms with van der Waals surface area (Å²) in [4.78, 5) is 8.60. The maximum atomic E-state index is 12.9. The fourth-order valence-corrected chi connectivity index (χ4v) is 1.97. The summed E-state index contributed by atoms with van der Waals surface area (Å²) in [6, 6.07) is 10.4. The number of aliphatic imine (C=N–C) groups is 1. The van der Waals surface area contributed by atoms with Crippen molar-refractivity contribution in [3.63, 3.8) is 0 Å². The minimum Gasteiger partial charge on any atom is -0.357 e. The van der Waals surface area contributed by atoms with E-state index in [1.807, 2.05) is 19.2 Å². The molecule has 1 aromatic carbocycles. The minimum absolute atomic E-state index is 0. The van der Waals surface area contributed by atoms with E-state index in [0.717, 1.165) is 31.0 Å². The van der Waals surface area contributed by atoms with Gasteiger partial charge in [0.25, 0.3) is 0 Å².